The normalized spacial score (nSPS) is 10.4. The summed E-state index contributed by atoms with van der Waals surface area (Å²) in [5.41, 5.74) is 1.08. The molecule has 0 amide bonds. The van der Waals surface area contributed by atoms with Crippen molar-refractivity contribution in [3.8, 4) is 17.4 Å². The molecule has 0 bridgehead atoms. The second kappa shape index (κ2) is 5.30. The Morgan fingerprint density at radius 3 is 2.83 bits per heavy atom. The van der Waals surface area contributed by atoms with Gasteiger partial charge in [-0.3, -0.25) is 4.79 Å². The number of aromatic amines is 1. The van der Waals surface area contributed by atoms with Crippen molar-refractivity contribution in [2.24, 2.45) is 0 Å². The molecule has 0 aliphatic rings. The number of nitrogens with one attached hydrogen (secondary N) is 1. The number of ether oxygens (including phenoxy) is 1. The van der Waals surface area contributed by atoms with Crippen molar-refractivity contribution in [3.63, 3.8) is 0 Å². The first-order valence-corrected chi connectivity index (χ1v) is 6.25. The molecule has 2 aromatic heterocycles. The van der Waals surface area contributed by atoms with E-state index in [0.717, 1.165) is 0 Å². The van der Waals surface area contributed by atoms with Gasteiger partial charge in [-0.05, 0) is 28.4 Å². The maximum atomic E-state index is 11.7. The monoisotopic (exact) mass is 309 g/mol. The van der Waals surface area contributed by atoms with E-state index in [4.69, 9.17) is 4.74 Å². The van der Waals surface area contributed by atoms with Crippen LogP contribution in [-0.2, 0) is 6.42 Å². The molecule has 0 unspecified atom stereocenters. The molecule has 2 heterocycles. The molecule has 1 N–H and O–H groups in total. The van der Waals surface area contributed by atoms with E-state index < -0.39 is 0 Å². The lowest BCUT2D eigenvalue weighted by Gasteiger charge is -2.05. The maximum absolute atomic E-state index is 11.7. The first-order chi connectivity index (χ1) is 8.65. The lowest BCUT2D eigenvalue weighted by atomic mass is 10.3. The molecular weight excluding hydrogens is 298 g/mol. The number of hydrogen-bond donors (Lipinski definition) is 1. The fourth-order valence-electron chi connectivity index (χ4n) is 1.52. The predicted molar refractivity (Wildman–Crippen MR) is 71.7 cm³/mol. The van der Waals surface area contributed by atoms with Crippen LogP contribution in [-0.4, -0.2) is 22.1 Å². The van der Waals surface area contributed by atoms with E-state index in [1.165, 1.54) is 0 Å². The SMILES string of the molecule is CCc1nc(-c2cccc(OC)n2)[nH]c(=O)c1Br. The minimum atomic E-state index is -0.207. The fourth-order valence-corrected chi connectivity index (χ4v) is 1.99. The molecule has 0 atom stereocenters. The Labute approximate surface area is 112 Å². The van der Waals surface area contributed by atoms with Gasteiger partial charge in [-0.2, -0.15) is 0 Å². The van der Waals surface area contributed by atoms with Crippen molar-refractivity contribution in [1.29, 1.82) is 0 Å². The molecule has 18 heavy (non-hydrogen) atoms. The van der Waals surface area contributed by atoms with Gasteiger partial charge in [0.15, 0.2) is 5.82 Å². The van der Waals surface area contributed by atoms with Crippen LogP contribution >= 0.6 is 15.9 Å². The average Bonchev–Trinajstić information content (AvgIpc) is 2.41. The molecule has 0 aliphatic heterocycles. The third-order valence-electron chi connectivity index (χ3n) is 2.44. The van der Waals surface area contributed by atoms with Gasteiger partial charge < -0.3 is 9.72 Å². The molecular formula is C12H12BrN3O2. The van der Waals surface area contributed by atoms with Crippen molar-refractivity contribution < 1.29 is 4.74 Å². The Morgan fingerprint density at radius 1 is 1.39 bits per heavy atom. The number of nitrogens with zero attached hydrogens (tertiary/aromatic N) is 2. The number of hydrogen-bond acceptors (Lipinski definition) is 4. The third kappa shape index (κ3) is 2.43. The van der Waals surface area contributed by atoms with Crippen molar-refractivity contribution >= 4 is 15.9 Å². The topological polar surface area (TPSA) is 67.9 Å². The lowest BCUT2D eigenvalue weighted by Crippen LogP contribution is -2.13. The number of pyridine rings is 1. The van der Waals surface area contributed by atoms with Gasteiger partial charge in [-0.1, -0.05) is 13.0 Å². The minimum Gasteiger partial charge on any atom is -0.481 e. The summed E-state index contributed by atoms with van der Waals surface area (Å²) < 4.78 is 5.52. The van der Waals surface area contributed by atoms with Gasteiger partial charge in [0.05, 0.1) is 12.8 Å². The van der Waals surface area contributed by atoms with E-state index in [9.17, 15) is 4.79 Å². The highest BCUT2D eigenvalue weighted by molar-refractivity contribution is 9.10. The van der Waals surface area contributed by atoms with E-state index in [1.54, 1.807) is 25.3 Å². The molecule has 0 spiro atoms. The van der Waals surface area contributed by atoms with Gasteiger partial charge in [0, 0.05) is 6.07 Å². The number of halogens is 1. The summed E-state index contributed by atoms with van der Waals surface area (Å²) in [5.74, 6) is 0.926. The molecule has 2 aromatic rings. The Morgan fingerprint density at radius 2 is 2.17 bits per heavy atom. The number of methoxy groups -OCH3 is 1. The average molecular weight is 310 g/mol. The standard InChI is InChI=1S/C12H12BrN3O2/c1-3-7-10(13)12(17)16-11(15-7)8-5-4-6-9(14-8)18-2/h4-6H,3H2,1-2H3,(H,15,16,17). The minimum absolute atomic E-state index is 0.207. The van der Waals surface area contributed by atoms with E-state index in [0.29, 0.717) is 34.0 Å². The van der Waals surface area contributed by atoms with Crippen molar-refractivity contribution in [1.82, 2.24) is 15.0 Å². The van der Waals surface area contributed by atoms with E-state index >= 15 is 0 Å². The Kier molecular flexibility index (Phi) is 3.76. The molecule has 6 heteroatoms. The largest absolute Gasteiger partial charge is 0.481 e. The molecule has 0 fully saturated rings. The zero-order valence-corrected chi connectivity index (χ0v) is 11.6. The van der Waals surface area contributed by atoms with Gasteiger partial charge in [-0.15, -0.1) is 0 Å². The van der Waals surface area contributed by atoms with Crippen LogP contribution in [0.1, 0.15) is 12.6 Å². The van der Waals surface area contributed by atoms with E-state index in [-0.39, 0.29) is 5.56 Å². The molecule has 2 rings (SSSR count). The zero-order valence-electron chi connectivity index (χ0n) is 10.0. The van der Waals surface area contributed by atoms with E-state index in [1.807, 2.05) is 6.92 Å². The van der Waals surface area contributed by atoms with Crippen molar-refractivity contribution in [3.05, 3.63) is 38.7 Å². The summed E-state index contributed by atoms with van der Waals surface area (Å²) in [7, 11) is 1.54. The Hall–Kier alpha value is -1.69. The first kappa shape index (κ1) is 12.8. The van der Waals surface area contributed by atoms with Gasteiger partial charge in [0.25, 0.3) is 5.56 Å². The van der Waals surface area contributed by atoms with Crippen LogP contribution in [0.5, 0.6) is 5.88 Å². The lowest BCUT2D eigenvalue weighted by molar-refractivity contribution is 0.398. The Balaban J connectivity index is 2.57. The fraction of sp³-hybridized carbons (Fsp3) is 0.250. The highest BCUT2D eigenvalue weighted by atomic mass is 79.9. The summed E-state index contributed by atoms with van der Waals surface area (Å²) >= 11 is 3.22. The van der Waals surface area contributed by atoms with Gasteiger partial charge >= 0.3 is 0 Å². The number of aromatic nitrogens is 3. The third-order valence-corrected chi connectivity index (χ3v) is 3.26. The number of rotatable bonds is 3. The van der Waals surface area contributed by atoms with Gasteiger partial charge in [0.1, 0.15) is 10.2 Å². The molecule has 0 saturated carbocycles. The highest BCUT2D eigenvalue weighted by Gasteiger charge is 2.10. The zero-order chi connectivity index (χ0) is 13.1. The second-order valence-electron chi connectivity index (χ2n) is 3.59. The van der Waals surface area contributed by atoms with Crippen molar-refractivity contribution in [2.45, 2.75) is 13.3 Å². The molecule has 5 nitrogen and oxygen atoms in total. The second-order valence-corrected chi connectivity index (χ2v) is 4.39. The number of aryl methyl sites for hydroxylation is 1. The summed E-state index contributed by atoms with van der Waals surface area (Å²) in [4.78, 5) is 23.0. The molecule has 0 saturated heterocycles. The molecule has 0 radical (unpaired) electrons. The van der Waals surface area contributed by atoms with Crippen LogP contribution in [0, 0.1) is 0 Å². The summed E-state index contributed by atoms with van der Waals surface area (Å²) in [5, 5.41) is 0. The Bertz CT molecular complexity index is 625. The van der Waals surface area contributed by atoms with Crippen LogP contribution < -0.4 is 10.3 Å². The van der Waals surface area contributed by atoms with Gasteiger partial charge in [-0.25, -0.2) is 9.97 Å². The van der Waals surface area contributed by atoms with Crippen LogP contribution in [0.2, 0.25) is 0 Å². The van der Waals surface area contributed by atoms with Crippen LogP contribution in [0.25, 0.3) is 11.5 Å². The summed E-state index contributed by atoms with van der Waals surface area (Å²) in [6.07, 6.45) is 0.668. The highest BCUT2D eigenvalue weighted by Crippen LogP contribution is 2.17. The van der Waals surface area contributed by atoms with Crippen LogP contribution in [0.3, 0.4) is 0 Å². The van der Waals surface area contributed by atoms with E-state index in [2.05, 4.69) is 30.9 Å². The van der Waals surface area contributed by atoms with Crippen molar-refractivity contribution in [2.75, 3.05) is 7.11 Å². The molecule has 94 valence electrons. The van der Waals surface area contributed by atoms with Crippen LogP contribution in [0.4, 0.5) is 0 Å². The molecule has 0 aromatic carbocycles. The maximum Gasteiger partial charge on any atom is 0.265 e. The van der Waals surface area contributed by atoms with Crippen LogP contribution in [0.15, 0.2) is 27.5 Å². The molecule has 0 aliphatic carbocycles. The predicted octanol–water partition coefficient (Wildman–Crippen LogP) is 2.17. The smallest absolute Gasteiger partial charge is 0.265 e. The first-order valence-electron chi connectivity index (χ1n) is 5.45. The summed E-state index contributed by atoms with van der Waals surface area (Å²) in [6.45, 7) is 1.94. The quantitative estimate of drug-likeness (QED) is 0.943. The van der Waals surface area contributed by atoms with Gasteiger partial charge in [0.2, 0.25) is 5.88 Å². The summed E-state index contributed by atoms with van der Waals surface area (Å²) in [6, 6.07) is 5.31. The number of H-pyrrole nitrogens is 1.